The third kappa shape index (κ3) is 4.07. The van der Waals surface area contributed by atoms with Crippen LogP contribution in [0.4, 0.5) is 0 Å². The molecule has 2 aromatic carbocycles. The summed E-state index contributed by atoms with van der Waals surface area (Å²) in [4.78, 5) is 0. The molecule has 0 aromatic heterocycles. The van der Waals surface area contributed by atoms with Gasteiger partial charge in [-0.1, -0.05) is 65.3 Å². The Labute approximate surface area is 152 Å². The molecule has 0 unspecified atom stereocenters. The molecule has 2 rings (SSSR count). The van der Waals surface area contributed by atoms with Crippen molar-refractivity contribution in [3.8, 4) is 16.9 Å². The Balaban J connectivity index is 2.89. The maximum atomic E-state index is 10.5. The number of phenols is 1. The van der Waals surface area contributed by atoms with Crippen LogP contribution in [0.3, 0.4) is 0 Å². The van der Waals surface area contributed by atoms with E-state index in [0.29, 0.717) is 11.8 Å². The van der Waals surface area contributed by atoms with Gasteiger partial charge in [0.25, 0.3) is 0 Å². The second-order valence-corrected chi connectivity index (χ2v) is 7.48. The topological polar surface area (TPSA) is 40.5 Å². The van der Waals surface area contributed by atoms with Crippen molar-refractivity contribution in [2.45, 2.75) is 72.3 Å². The predicted molar refractivity (Wildman–Crippen MR) is 106 cm³/mol. The smallest absolute Gasteiger partial charge is 0.123 e. The van der Waals surface area contributed by atoms with Crippen LogP contribution in [0.2, 0.25) is 0 Å². The van der Waals surface area contributed by atoms with E-state index in [1.54, 1.807) is 6.07 Å². The van der Waals surface area contributed by atoms with Crippen LogP contribution in [0, 0.1) is 0 Å². The van der Waals surface area contributed by atoms with E-state index in [9.17, 15) is 10.2 Å². The lowest BCUT2D eigenvalue weighted by atomic mass is 9.80. The number of para-hydroxylation sites is 1. The predicted octanol–water partition coefficient (Wildman–Crippen LogP) is 6.14. The first kappa shape index (κ1) is 19.5. The van der Waals surface area contributed by atoms with Crippen LogP contribution >= 0.6 is 0 Å². The second kappa shape index (κ2) is 8.53. The molecule has 2 heteroatoms. The van der Waals surface area contributed by atoms with Gasteiger partial charge in [-0.05, 0) is 58.6 Å². The Morgan fingerprint density at radius 1 is 0.920 bits per heavy atom. The SMILES string of the molecule is CCCCc1c(C(C)C)cc(C(C)C)c(CO)c1-c1ccccc1O. The van der Waals surface area contributed by atoms with Crippen LogP contribution in [0.5, 0.6) is 5.75 Å². The largest absolute Gasteiger partial charge is 0.507 e. The molecule has 136 valence electrons. The molecule has 0 aliphatic rings. The first-order chi connectivity index (χ1) is 11.9. The van der Waals surface area contributed by atoms with Crippen LogP contribution in [-0.2, 0) is 13.0 Å². The van der Waals surface area contributed by atoms with Crippen LogP contribution in [0.1, 0.15) is 81.5 Å². The molecule has 2 nitrogen and oxygen atoms in total. The highest BCUT2D eigenvalue weighted by Gasteiger charge is 2.22. The van der Waals surface area contributed by atoms with E-state index in [0.717, 1.165) is 36.0 Å². The lowest BCUT2D eigenvalue weighted by molar-refractivity contribution is 0.280. The number of aliphatic hydroxyl groups excluding tert-OH is 1. The van der Waals surface area contributed by atoms with Gasteiger partial charge < -0.3 is 10.2 Å². The fourth-order valence-electron chi connectivity index (χ4n) is 3.65. The van der Waals surface area contributed by atoms with E-state index < -0.39 is 0 Å². The molecule has 0 fully saturated rings. The van der Waals surface area contributed by atoms with Crippen molar-refractivity contribution in [1.29, 1.82) is 0 Å². The van der Waals surface area contributed by atoms with Gasteiger partial charge >= 0.3 is 0 Å². The van der Waals surface area contributed by atoms with Crippen molar-refractivity contribution >= 4 is 0 Å². The summed E-state index contributed by atoms with van der Waals surface area (Å²) in [5.74, 6) is 1.01. The van der Waals surface area contributed by atoms with Crippen LogP contribution < -0.4 is 0 Å². The number of hydrogen-bond donors (Lipinski definition) is 2. The van der Waals surface area contributed by atoms with Gasteiger partial charge in [-0.2, -0.15) is 0 Å². The minimum absolute atomic E-state index is 0.00528. The minimum Gasteiger partial charge on any atom is -0.507 e. The molecule has 0 atom stereocenters. The minimum atomic E-state index is -0.00528. The lowest BCUT2D eigenvalue weighted by Crippen LogP contribution is -2.09. The molecule has 2 N–H and O–H groups in total. The van der Waals surface area contributed by atoms with Crippen molar-refractivity contribution in [1.82, 2.24) is 0 Å². The van der Waals surface area contributed by atoms with Crippen molar-refractivity contribution in [2.75, 3.05) is 0 Å². The molecule has 0 aliphatic carbocycles. The highest BCUT2D eigenvalue weighted by Crippen LogP contribution is 2.42. The molecule has 0 saturated carbocycles. The second-order valence-electron chi connectivity index (χ2n) is 7.48. The number of hydrogen-bond acceptors (Lipinski definition) is 2. The highest BCUT2D eigenvalue weighted by atomic mass is 16.3. The van der Waals surface area contributed by atoms with Gasteiger partial charge in [0, 0.05) is 5.56 Å². The molecular weight excluding hydrogens is 308 g/mol. The summed E-state index contributed by atoms with van der Waals surface area (Å²) < 4.78 is 0. The number of rotatable bonds is 7. The van der Waals surface area contributed by atoms with E-state index in [1.165, 1.54) is 16.7 Å². The van der Waals surface area contributed by atoms with E-state index in [2.05, 4.69) is 40.7 Å². The zero-order chi connectivity index (χ0) is 18.6. The van der Waals surface area contributed by atoms with Gasteiger partial charge in [0.05, 0.1) is 6.61 Å². The number of unbranched alkanes of at least 4 members (excludes halogenated alkanes) is 1. The molecule has 0 bridgehead atoms. The van der Waals surface area contributed by atoms with E-state index in [1.807, 2.05) is 18.2 Å². The standard InChI is InChI=1S/C23H32O2/c1-6-7-10-17-19(15(2)3)13-20(16(4)5)21(14-24)23(17)18-11-8-9-12-22(18)25/h8-9,11-13,15-16,24-25H,6-7,10,14H2,1-5H3. The number of phenolic OH excluding ortho intramolecular Hbond substituents is 1. The van der Waals surface area contributed by atoms with Crippen LogP contribution in [0.25, 0.3) is 11.1 Å². The Bertz CT molecular complexity index is 714. The summed E-state index contributed by atoms with van der Waals surface area (Å²) in [5.41, 5.74) is 6.65. The number of benzene rings is 2. The molecular formula is C23H32O2. The van der Waals surface area contributed by atoms with Gasteiger partial charge in [0.15, 0.2) is 0 Å². The van der Waals surface area contributed by atoms with E-state index in [-0.39, 0.29) is 12.4 Å². The summed E-state index contributed by atoms with van der Waals surface area (Å²) in [7, 11) is 0. The molecule has 0 spiro atoms. The maximum absolute atomic E-state index is 10.5. The van der Waals surface area contributed by atoms with Gasteiger partial charge in [0.1, 0.15) is 5.75 Å². The molecule has 0 heterocycles. The first-order valence-electron chi connectivity index (χ1n) is 9.50. The quantitative estimate of drug-likeness (QED) is 0.635. The van der Waals surface area contributed by atoms with Crippen molar-refractivity contribution < 1.29 is 10.2 Å². The van der Waals surface area contributed by atoms with Crippen molar-refractivity contribution in [3.05, 3.63) is 52.6 Å². The summed E-state index contributed by atoms with van der Waals surface area (Å²) in [6.07, 6.45) is 3.20. The summed E-state index contributed by atoms with van der Waals surface area (Å²) in [6, 6.07) is 9.79. The van der Waals surface area contributed by atoms with Crippen LogP contribution in [-0.4, -0.2) is 10.2 Å². The summed E-state index contributed by atoms with van der Waals surface area (Å²) in [6.45, 7) is 11.0. The average Bonchev–Trinajstić information content (AvgIpc) is 2.58. The van der Waals surface area contributed by atoms with Crippen molar-refractivity contribution in [2.24, 2.45) is 0 Å². The fourth-order valence-corrected chi connectivity index (χ4v) is 3.65. The Hall–Kier alpha value is -1.80. The lowest BCUT2D eigenvalue weighted by Gasteiger charge is -2.25. The van der Waals surface area contributed by atoms with Gasteiger partial charge in [-0.25, -0.2) is 0 Å². The van der Waals surface area contributed by atoms with E-state index >= 15 is 0 Å². The summed E-state index contributed by atoms with van der Waals surface area (Å²) >= 11 is 0. The molecule has 2 aromatic rings. The van der Waals surface area contributed by atoms with Crippen LogP contribution in [0.15, 0.2) is 30.3 Å². The normalized spacial score (nSPS) is 11.5. The maximum Gasteiger partial charge on any atom is 0.123 e. The average molecular weight is 341 g/mol. The highest BCUT2D eigenvalue weighted by molar-refractivity contribution is 5.78. The van der Waals surface area contributed by atoms with Gasteiger partial charge in [-0.15, -0.1) is 0 Å². The molecule has 0 amide bonds. The third-order valence-electron chi connectivity index (χ3n) is 4.97. The third-order valence-corrected chi connectivity index (χ3v) is 4.97. The van der Waals surface area contributed by atoms with Crippen molar-refractivity contribution in [3.63, 3.8) is 0 Å². The Morgan fingerprint density at radius 3 is 2.04 bits per heavy atom. The molecule has 0 saturated heterocycles. The monoisotopic (exact) mass is 340 g/mol. The number of aromatic hydroxyl groups is 1. The number of aliphatic hydroxyl groups is 1. The Morgan fingerprint density at radius 2 is 1.52 bits per heavy atom. The van der Waals surface area contributed by atoms with Gasteiger partial charge in [0.2, 0.25) is 0 Å². The fraction of sp³-hybridized carbons (Fsp3) is 0.478. The summed E-state index contributed by atoms with van der Waals surface area (Å²) in [5, 5.41) is 20.7. The first-order valence-corrected chi connectivity index (χ1v) is 9.50. The zero-order valence-electron chi connectivity index (χ0n) is 16.3. The van der Waals surface area contributed by atoms with Gasteiger partial charge in [-0.3, -0.25) is 0 Å². The molecule has 0 aliphatic heterocycles. The molecule has 25 heavy (non-hydrogen) atoms. The molecule has 0 radical (unpaired) electrons. The Kier molecular flexibility index (Phi) is 6.66. The van der Waals surface area contributed by atoms with E-state index in [4.69, 9.17) is 0 Å². The zero-order valence-corrected chi connectivity index (χ0v) is 16.3.